The Morgan fingerprint density at radius 1 is 0.165 bits per heavy atom. The van der Waals surface area contributed by atoms with Crippen LogP contribution >= 0.6 is 45.3 Å². The van der Waals surface area contributed by atoms with Crippen molar-refractivity contribution in [3.05, 3.63) is 297 Å². The van der Waals surface area contributed by atoms with Crippen molar-refractivity contribution in [3.8, 4) is 90.6 Å². The lowest BCUT2D eigenvalue weighted by molar-refractivity contribution is 0.992. The van der Waals surface area contributed by atoms with E-state index in [1.807, 2.05) is 97.2 Å². The molecule has 0 fully saturated rings. The van der Waals surface area contributed by atoms with Gasteiger partial charge in [0.25, 0.3) is 0 Å². The third-order valence-electron chi connectivity index (χ3n) is 17.2. The summed E-state index contributed by atoms with van der Waals surface area (Å²) in [6.45, 7) is 5.78. The predicted octanol–water partition coefficient (Wildman–Crippen LogP) is 23.3. The lowest BCUT2D eigenvalue weighted by Gasteiger charge is -2.11. The molecule has 0 aliphatic heterocycles. The topological polar surface area (TPSA) is 116 Å². The van der Waals surface area contributed by atoms with E-state index in [2.05, 4.69) is 257 Å². The van der Waals surface area contributed by atoms with Crippen LogP contribution < -0.4 is 0 Å². The third kappa shape index (κ3) is 11.8. The summed E-state index contributed by atoms with van der Waals surface area (Å²) < 4.78 is 10.2. The number of hydrogen-bond donors (Lipinski definition) is 0. The summed E-state index contributed by atoms with van der Waals surface area (Å²) in [6.07, 6.45) is 0. The lowest BCUT2D eigenvalue weighted by atomic mass is 9.96. The van der Waals surface area contributed by atoms with Crippen LogP contribution in [-0.2, 0) is 0 Å². The van der Waals surface area contributed by atoms with Crippen LogP contribution in [0.3, 0.4) is 0 Å². The average Bonchev–Trinajstić information content (AvgIpc) is 1.73. The van der Waals surface area contributed by atoms with Gasteiger partial charge in [-0.05, 0) is 122 Å². The van der Waals surface area contributed by atoms with Crippen LogP contribution in [0.15, 0.2) is 279 Å². The van der Waals surface area contributed by atoms with Gasteiger partial charge in [0.2, 0.25) is 0 Å². The van der Waals surface area contributed by atoms with E-state index in [-0.39, 0.29) is 0 Å². The molecule has 0 radical (unpaired) electrons. The van der Waals surface area contributed by atoms with Crippen LogP contribution in [0, 0.1) is 20.8 Å². The summed E-state index contributed by atoms with van der Waals surface area (Å²) in [4.78, 5) is 42.5. The molecule has 460 valence electrons. The van der Waals surface area contributed by atoms with Crippen LogP contribution in [-0.4, -0.2) is 44.9 Å². The SMILES string of the molecule is Cc1nc(-c2cc(-c3ccccc3)cc(-c3ccccc3)c2)nc(-c2ccc3c(c2)sc2ccccc23)n1.Cc1nc(-c2ccc3c(c2)sc2ccccc23)nc(-c2ccc3c(c2)sc2ccccc23)n1.Cc1nc(-c2ccccc2)nc(-c2ccc3sc4ccccc4c3c2)n1. The first-order valence-electron chi connectivity index (χ1n) is 31.9. The number of thiophene rings is 4. The van der Waals surface area contributed by atoms with Gasteiger partial charge in [-0.3, -0.25) is 0 Å². The summed E-state index contributed by atoms with van der Waals surface area (Å²) in [5, 5.41) is 10.2. The fourth-order valence-electron chi connectivity index (χ4n) is 12.6. The van der Waals surface area contributed by atoms with Gasteiger partial charge in [-0.2, -0.15) is 0 Å². The highest BCUT2D eigenvalue weighted by atomic mass is 32.1. The van der Waals surface area contributed by atoms with Gasteiger partial charge in [0.05, 0.1) is 0 Å². The van der Waals surface area contributed by atoms with Crippen LogP contribution in [0.1, 0.15) is 17.5 Å². The van der Waals surface area contributed by atoms with E-state index >= 15 is 0 Å². The maximum Gasteiger partial charge on any atom is 0.163 e. The van der Waals surface area contributed by atoms with Crippen molar-refractivity contribution in [2.45, 2.75) is 20.8 Å². The first-order valence-corrected chi connectivity index (χ1v) is 35.1. The van der Waals surface area contributed by atoms with Gasteiger partial charge in [-0.15, -0.1) is 45.3 Å². The van der Waals surface area contributed by atoms with Crippen molar-refractivity contribution in [1.29, 1.82) is 0 Å². The first kappa shape index (κ1) is 59.3. The first-order chi connectivity index (χ1) is 47.7. The Labute approximate surface area is 574 Å². The van der Waals surface area contributed by atoms with Gasteiger partial charge in [0, 0.05) is 114 Å². The van der Waals surface area contributed by atoms with Gasteiger partial charge in [0.15, 0.2) is 34.9 Å². The molecular formula is C84H55N9S4. The standard InChI is InChI=1S/C34H23N3S.C28H17N3S2.C22H15N3S/c1-22-35-33(25-16-17-30-29-14-8-9-15-31(29)38-32(30)21-25)37-34(36-22)28-19-26(23-10-4-2-5-11-23)18-27(20-28)24-12-6-3-7-13-24;1-16-29-27(17-10-12-21-19-6-2-4-8-23(19)32-25(21)14-17)31-28(30-16)18-11-13-22-20-7-3-5-9-24(20)33-26(22)15-18;1-14-23-21(15-7-3-2-4-8-15)25-22(24-14)16-11-12-20-18(13-16)17-9-5-6-10-19(17)26-20/h2-21H,1H3;2-15H,1H3;2-13H,1H3. The molecule has 0 bridgehead atoms. The number of nitrogens with zero attached hydrogens (tertiary/aromatic N) is 9. The Hall–Kier alpha value is -11.5. The Morgan fingerprint density at radius 2 is 0.423 bits per heavy atom. The third-order valence-corrected chi connectivity index (χ3v) is 21.8. The lowest BCUT2D eigenvalue weighted by Crippen LogP contribution is -2.00. The molecule has 0 unspecified atom stereocenters. The molecule has 19 aromatic rings. The fourth-order valence-corrected chi connectivity index (χ4v) is 17.1. The molecule has 97 heavy (non-hydrogen) atoms. The Bertz CT molecular complexity index is 6010. The molecular weight excluding hydrogens is 1260 g/mol. The maximum atomic E-state index is 4.99. The molecule has 0 saturated carbocycles. The molecule has 0 atom stereocenters. The molecule has 9 nitrogen and oxygen atoms in total. The normalized spacial score (nSPS) is 11.5. The second kappa shape index (κ2) is 25.4. The Kier molecular flexibility index (Phi) is 15.5. The summed E-state index contributed by atoms with van der Waals surface area (Å²) in [6, 6.07) is 97.7. The molecule has 13 heteroatoms. The summed E-state index contributed by atoms with van der Waals surface area (Å²) in [5.74, 6) is 6.38. The van der Waals surface area contributed by atoms with Crippen molar-refractivity contribution < 1.29 is 0 Å². The molecule has 7 heterocycles. The molecule has 0 aliphatic carbocycles. The van der Waals surface area contributed by atoms with Crippen molar-refractivity contribution in [1.82, 2.24) is 44.9 Å². The van der Waals surface area contributed by atoms with E-state index in [1.54, 1.807) is 11.3 Å². The zero-order chi connectivity index (χ0) is 64.9. The summed E-state index contributed by atoms with van der Waals surface area (Å²) in [7, 11) is 0. The minimum Gasteiger partial charge on any atom is -0.213 e. The number of aryl methyl sites for hydroxylation is 3. The van der Waals surface area contributed by atoms with E-state index in [9.17, 15) is 0 Å². The van der Waals surface area contributed by atoms with Gasteiger partial charge in [0.1, 0.15) is 17.5 Å². The van der Waals surface area contributed by atoms with Crippen LogP contribution in [0.5, 0.6) is 0 Å². The largest absolute Gasteiger partial charge is 0.213 e. The highest BCUT2D eigenvalue weighted by Crippen LogP contribution is 2.41. The van der Waals surface area contributed by atoms with Crippen molar-refractivity contribution >= 4 is 126 Å². The van der Waals surface area contributed by atoms with Crippen molar-refractivity contribution in [3.63, 3.8) is 0 Å². The predicted molar refractivity (Wildman–Crippen MR) is 409 cm³/mol. The van der Waals surface area contributed by atoms with E-state index in [0.717, 1.165) is 67.3 Å². The average molecular weight is 1320 g/mol. The summed E-state index contributed by atoms with van der Waals surface area (Å²) in [5.41, 5.74) is 10.6. The molecule has 0 amide bonds. The van der Waals surface area contributed by atoms with Gasteiger partial charge >= 0.3 is 0 Å². The Balaban J connectivity index is 0.000000112. The monoisotopic (exact) mass is 1320 g/mol. The van der Waals surface area contributed by atoms with Crippen LogP contribution in [0.25, 0.3) is 171 Å². The number of hydrogen-bond acceptors (Lipinski definition) is 13. The number of fused-ring (bicyclic) bond motifs is 12. The fraction of sp³-hybridized carbons (Fsp3) is 0.0357. The quantitative estimate of drug-likeness (QED) is 0.147. The highest BCUT2D eigenvalue weighted by molar-refractivity contribution is 7.27. The molecule has 0 aliphatic rings. The zero-order valence-electron chi connectivity index (χ0n) is 52.7. The molecule has 19 rings (SSSR count). The number of benzene rings is 12. The van der Waals surface area contributed by atoms with Crippen molar-refractivity contribution in [2.75, 3.05) is 0 Å². The second-order valence-electron chi connectivity index (χ2n) is 23.7. The number of aromatic nitrogens is 9. The Morgan fingerprint density at radius 3 is 0.804 bits per heavy atom. The van der Waals surface area contributed by atoms with Crippen LogP contribution in [0.2, 0.25) is 0 Å². The maximum absolute atomic E-state index is 4.99. The van der Waals surface area contributed by atoms with Crippen LogP contribution in [0.4, 0.5) is 0 Å². The van der Waals surface area contributed by atoms with Gasteiger partial charge in [-0.1, -0.05) is 200 Å². The van der Waals surface area contributed by atoms with E-state index in [0.29, 0.717) is 40.8 Å². The highest BCUT2D eigenvalue weighted by Gasteiger charge is 2.18. The van der Waals surface area contributed by atoms with Gasteiger partial charge < -0.3 is 0 Å². The van der Waals surface area contributed by atoms with Gasteiger partial charge in [-0.25, -0.2) is 44.9 Å². The molecule has 0 saturated heterocycles. The molecule has 7 aromatic heterocycles. The molecule has 0 spiro atoms. The summed E-state index contributed by atoms with van der Waals surface area (Å²) >= 11 is 7.24. The second-order valence-corrected chi connectivity index (χ2v) is 28.1. The molecule has 0 N–H and O–H groups in total. The minimum atomic E-state index is 0.680. The van der Waals surface area contributed by atoms with E-state index in [1.165, 1.54) is 80.7 Å². The molecule has 12 aromatic carbocycles. The van der Waals surface area contributed by atoms with E-state index < -0.39 is 0 Å². The minimum absolute atomic E-state index is 0.680. The van der Waals surface area contributed by atoms with Crippen molar-refractivity contribution in [2.24, 2.45) is 0 Å². The zero-order valence-corrected chi connectivity index (χ0v) is 56.0. The number of rotatable bonds is 8. The smallest absolute Gasteiger partial charge is 0.163 e. The van der Waals surface area contributed by atoms with E-state index in [4.69, 9.17) is 24.9 Å².